The lowest BCUT2D eigenvalue weighted by atomic mass is 10.4. The standard InChI is InChI=1S/C4H5IO/c1-3(2)4(5)6/h1H2,2H3. The van der Waals surface area contributed by atoms with Crippen molar-refractivity contribution >= 4 is 26.4 Å². The predicted molar refractivity (Wildman–Crippen MR) is 33.8 cm³/mol. The molecule has 0 aromatic rings. The molecular formula is C4H5IO. The van der Waals surface area contributed by atoms with Crippen molar-refractivity contribution in [2.24, 2.45) is 0 Å². The topological polar surface area (TPSA) is 17.1 Å². The van der Waals surface area contributed by atoms with E-state index in [0.29, 0.717) is 5.57 Å². The van der Waals surface area contributed by atoms with Crippen molar-refractivity contribution in [3.8, 4) is 0 Å². The second-order valence-corrected chi connectivity index (χ2v) is 2.03. The van der Waals surface area contributed by atoms with E-state index in [0.717, 1.165) is 0 Å². The number of carbonyl (C=O) groups excluding carboxylic acids is 1. The van der Waals surface area contributed by atoms with Crippen LogP contribution in [0, 0.1) is 0 Å². The first-order chi connectivity index (χ1) is 2.64. The molecule has 0 spiro atoms. The van der Waals surface area contributed by atoms with Gasteiger partial charge in [-0.3, -0.25) is 4.79 Å². The molecule has 2 heteroatoms. The van der Waals surface area contributed by atoms with E-state index in [1.807, 2.05) is 0 Å². The molecule has 34 valence electrons. The Morgan fingerprint density at radius 3 is 2.00 bits per heavy atom. The zero-order chi connectivity index (χ0) is 5.15. The van der Waals surface area contributed by atoms with Crippen LogP contribution in [0.15, 0.2) is 12.2 Å². The molecule has 0 aliphatic rings. The highest BCUT2D eigenvalue weighted by molar-refractivity contribution is 14.1. The van der Waals surface area contributed by atoms with Crippen LogP contribution in [-0.2, 0) is 4.79 Å². The van der Waals surface area contributed by atoms with Gasteiger partial charge in [0.1, 0.15) is 0 Å². The Bertz CT molecular complexity index is 73.5. The van der Waals surface area contributed by atoms with E-state index >= 15 is 0 Å². The van der Waals surface area contributed by atoms with E-state index in [9.17, 15) is 4.79 Å². The van der Waals surface area contributed by atoms with E-state index in [1.54, 1.807) is 29.5 Å². The average Bonchev–Trinajstić information content (AvgIpc) is 1.36. The molecule has 0 aromatic carbocycles. The van der Waals surface area contributed by atoms with Gasteiger partial charge in [-0.25, -0.2) is 0 Å². The predicted octanol–water partition coefficient (Wildman–Crippen LogP) is 1.52. The highest BCUT2D eigenvalue weighted by Gasteiger charge is 1.88. The van der Waals surface area contributed by atoms with Gasteiger partial charge in [0.25, 0.3) is 0 Å². The number of hydrogen-bond donors (Lipinski definition) is 0. The van der Waals surface area contributed by atoms with Crippen LogP contribution in [-0.4, -0.2) is 3.79 Å². The van der Waals surface area contributed by atoms with Gasteiger partial charge in [0.2, 0.25) is 3.79 Å². The summed E-state index contributed by atoms with van der Waals surface area (Å²) in [6, 6.07) is 0. The Kier molecular flexibility index (Phi) is 2.39. The third kappa shape index (κ3) is 2.38. The first kappa shape index (κ1) is 6.14. The average molecular weight is 196 g/mol. The van der Waals surface area contributed by atoms with Crippen LogP contribution in [0.25, 0.3) is 0 Å². The molecule has 6 heavy (non-hydrogen) atoms. The Balaban J connectivity index is 3.57. The Hall–Kier alpha value is 0.140. The largest absolute Gasteiger partial charge is 0.283 e. The quantitative estimate of drug-likeness (QED) is 0.353. The zero-order valence-corrected chi connectivity index (χ0v) is 5.65. The van der Waals surface area contributed by atoms with Gasteiger partial charge in [-0.1, -0.05) is 6.58 Å². The first-order valence-corrected chi connectivity index (χ1v) is 2.58. The monoisotopic (exact) mass is 196 g/mol. The summed E-state index contributed by atoms with van der Waals surface area (Å²) in [7, 11) is 0. The van der Waals surface area contributed by atoms with Gasteiger partial charge in [0.05, 0.1) is 0 Å². The van der Waals surface area contributed by atoms with Crippen LogP contribution < -0.4 is 0 Å². The molecular weight excluding hydrogens is 191 g/mol. The van der Waals surface area contributed by atoms with Gasteiger partial charge in [-0.05, 0) is 12.5 Å². The van der Waals surface area contributed by atoms with E-state index in [-0.39, 0.29) is 3.79 Å². The molecule has 0 aromatic heterocycles. The third-order valence-electron chi connectivity index (χ3n) is 0.336. The summed E-state index contributed by atoms with van der Waals surface area (Å²) < 4.78 is 0.0348. The van der Waals surface area contributed by atoms with Crippen molar-refractivity contribution in [2.75, 3.05) is 0 Å². The summed E-state index contributed by atoms with van der Waals surface area (Å²) in [5.41, 5.74) is 0.607. The molecule has 0 saturated heterocycles. The maximum atomic E-state index is 10.0. The number of allylic oxidation sites excluding steroid dienone is 1. The van der Waals surface area contributed by atoms with Crippen molar-refractivity contribution in [3.63, 3.8) is 0 Å². The molecule has 0 fully saturated rings. The molecule has 0 aliphatic carbocycles. The lowest BCUT2D eigenvalue weighted by Gasteiger charge is -1.78. The minimum Gasteiger partial charge on any atom is -0.283 e. The number of halogens is 1. The first-order valence-electron chi connectivity index (χ1n) is 1.50. The molecule has 0 saturated carbocycles. The summed E-state index contributed by atoms with van der Waals surface area (Å²) in [6.45, 7) is 5.09. The SMILES string of the molecule is C=C(C)C(=O)I. The second-order valence-electron chi connectivity index (χ2n) is 1.05. The summed E-state index contributed by atoms with van der Waals surface area (Å²) in [5.74, 6) is 0. The number of rotatable bonds is 1. The van der Waals surface area contributed by atoms with Gasteiger partial charge in [-0.15, -0.1) is 0 Å². The number of hydrogen-bond acceptors (Lipinski definition) is 1. The molecule has 0 aliphatic heterocycles. The van der Waals surface area contributed by atoms with E-state index < -0.39 is 0 Å². The molecule has 0 N–H and O–H groups in total. The normalized spacial score (nSPS) is 7.67. The van der Waals surface area contributed by atoms with Crippen molar-refractivity contribution in [1.82, 2.24) is 0 Å². The van der Waals surface area contributed by atoms with Crippen LogP contribution >= 0.6 is 22.6 Å². The molecule has 0 unspecified atom stereocenters. The van der Waals surface area contributed by atoms with Crippen molar-refractivity contribution in [3.05, 3.63) is 12.2 Å². The molecule has 0 bridgehead atoms. The summed E-state index contributed by atoms with van der Waals surface area (Å²) in [6.07, 6.45) is 0. The zero-order valence-electron chi connectivity index (χ0n) is 3.49. The smallest absolute Gasteiger partial charge is 0.217 e. The minimum absolute atomic E-state index is 0.0348. The van der Waals surface area contributed by atoms with Crippen molar-refractivity contribution in [2.45, 2.75) is 6.92 Å². The van der Waals surface area contributed by atoms with Crippen LogP contribution in [0.3, 0.4) is 0 Å². The van der Waals surface area contributed by atoms with Gasteiger partial charge in [0.15, 0.2) is 0 Å². The lowest BCUT2D eigenvalue weighted by molar-refractivity contribution is -0.106. The Labute approximate surface area is 50.6 Å². The van der Waals surface area contributed by atoms with Crippen LogP contribution in [0.5, 0.6) is 0 Å². The fraction of sp³-hybridized carbons (Fsp3) is 0.250. The number of carbonyl (C=O) groups is 1. The van der Waals surface area contributed by atoms with Gasteiger partial charge < -0.3 is 0 Å². The maximum absolute atomic E-state index is 10.0. The van der Waals surface area contributed by atoms with Crippen molar-refractivity contribution in [1.29, 1.82) is 0 Å². The Morgan fingerprint density at radius 1 is 1.83 bits per heavy atom. The molecule has 0 rings (SSSR count). The van der Waals surface area contributed by atoms with Crippen molar-refractivity contribution < 1.29 is 4.79 Å². The van der Waals surface area contributed by atoms with E-state index in [1.165, 1.54) is 0 Å². The fourth-order valence-corrected chi connectivity index (χ4v) is 0. The highest BCUT2D eigenvalue weighted by atomic mass is 127. The Morgan fingerprint density at radius 2 is 2.00 bits per heavy atom. The molecule has 0 amide bonds. The van der Waals surface area contributed by atoms with E-state index in [2.05, 4.69) is 6.58 Å². The molecule has 0 heterocycles. The van der Waals surface area contributed by atoms with E-state index in [4.69, 9.17) is 0 Å². The maximum Gasteiger partial charge on any atom is 0.217 e. The van der Waals surface area contributed by atoms with Gasteiger partial charge >= 0.3 is 0 Å². The third-order valence-corrected chi connectivity index (χ3v) is 1.26. The minimum atomic E-state index is 0.0348. The summed E-state index contributed by atoms with van der Waals surface area (Å²) in [4.78, 5) is 10.0. The lowest BCUT2D eigenvalue weighted by Crippen LogP contribution is -1.80. The fourth-order valence-electron chi connectivity index (χ4n) is 0. The molecule has 1 nitrogen and oxygen atoms in total. The van der Waals surface area contributed by atoms with Crippen LogP contribution in [0.2, 0.25) is 0 Å². The van der Waals surface area contributed by atoms with Crippen LogP contribution in [0.1, 0.15) is 6.92 Å². The van der Waals surface area contributed by atoms with Gasteiger partial charge in [0, 0.05) is 22.6 Å². The summed E-state index contributed by atoms with van der Waals surface area (Å²) >= 11 is 1.69. The molecule has 0 atom stereocenters. The van der Waals surface area contributed by atoms with Crippen LogP contribution in [0.4, 0.5) is 0 Å². The summed E-state index contributed by atoms with van der Waals surface area (Å²) in [5, 5.41) is 0. The molecule has 0 radical (unpaired) electrons. The highest BCUT2D eigenvalue weighted by Crippen LogP contribution is 1.95. The van der Waals surface area contributed by atoms with Gasteiger partial charge in [-0.2, -0.15) is 0 Å². The second kappa shape index (κ2) is 2.34.